The molecule has 1 fully saturated rings. The minimum absolute atomic E-state index is 0.0786. The first-order valence-electron chi connectivity index (χ1n) is 8.50. The monoisotopic (exact) mass is 382 g/mol. The maximum atomic E-state index is 12.5. The lowest BCUT2D eigenvalue weighted by Gasteiger charge is -2.35. The predicted molar refractivity (Wildman–Crippen MR) is 98.1 cm³/mol. The Labute approximate surface area is 154 Å². The summed E-state index contributed by atoms with van der Waals surface area (Å²) >= 11 is 0. The number of carbonyl (C=O) groups excluding carboxylic acids is 2. The Morgan fingerprint density at radius 3 is 2.50 bits per heavy atom. The van der Waals surface area contributed by atoms with Crippen LogP contribution in [-0.2, 0) is 26.0 Å². The predicted octanol–water partition coefficient (Wildman–Crippen LogP) is -0.584. The number of amides is 2. The summed E-state index contributed by atoms with van der Waals surface area (Å²) < 4.78 is 25.3. The second-order valence-corrected chi connectivity index (χ2v) is 8.50. The van der Waals surface area contributed by atoms with E-state index in [-0.39, 0.29) is 23.1 Å². The van der Waals surface area contributed by atoms with Gasteiger partial charge in [0.1, 0.15) is 6.04 Å². The Kier molecular flexibility index (Phi) is 6.74. The molecule has 1 aliphatic heterocycles. The maximum absolute atomic E-state index is 12.5. The summed E-state index contributed by atoms with van der Waals surface area (Å²) in [5.74, 6) is -0.256. The molecule has 1 saturated heterocycles. The molecule has 26 heavy (non-hydrogen) atoms. The van der Waals surface area contributed by atoms with Crippen molar-refractivity contribution in [1.82, 2.24) is 19.8 Å². The maximum Gasteiger partial charge on any atom is 0.243 e. The minimum Gasteiger partial charge on any atom is -0.357 e. The fourth-order valence-electron chi connectivity index (χ4n) is 2.84. The smallest absolute Gasteiger partial charge is 0.243 e. The van der Waals surface area contributed by atoms with Crippen molar-refractivity contribution in [3.05, 3.63) is 29.8 Å². The van der Waals surface area contributed by atoms with E-state index in [0.29, 0.717) is 26.1 Å². The van der Waals surface area contributed by atoms with Gasteiger partial charge in [0.05, 0.1) is 4.90 Å². The van der Waals surface area contributed by atoms with Gasteiger partial charge in [-0.05, 0) is 24.1 Å². The Hall–Kier alpha value is -1.97. The number of sulfonamides is 1. The largest absolute Gasteiger partial charge is 0.357 e. The summed E-state index contributed by atoms with van der Waals surface area (Å²) in [6.45, 7) is 1.61. The van der Waals surface area contributed by atoms with Gasteiger partial charge in [-0.2, -0.15) is 0 Å². The number of piperazine rings is 1. The summed E-state index contributed by atoms with van der Waals surface area (Å²) in [6.07, 6.45) is 0.763. The lowest BCUT2D eigenvalue weighted by Crippen LogP contribution is -2.59. The molecule has 8 nitrogen and oxygen atoms in total. The van der Waals surface area contributed by atoms with Crippen LogP contribution in [-0.4, -0.2) is 76.3 Å². The third kappa shape index (κ3) is 4.60. The number of likely N-dealkylation sites (N-methyl/N-ethyl adjacent to an activating group) is 1. The van der Waals surface area contributed by atoms with Gasteiger partial charge >= 0.3 is 0 Å². The average molecular weight is 382 g/mol. The number of aryl methyl sites for hydroxylation is 1. The number of benzene rings is 1. The standard InChI is InChI=1S/C17H26N4O4S/c1-18-17(23)15-12-19-10-11-21(15)16(22)9-6-13-4-7-14(8-5-13)26(24,25)20(2)3/h4-5,7-8,15,19H,6,9-12H2,1-3H3,(H,18,23)/t15-/m0/s1. The normalized spacial score (nSPS) is 18.0. The van der Waals surface area contributed by atoms with Gasteiger partial charge < -0.3 is 15.5 Å². The molecule has 2 rings (SSSR count). The molecule has 1 aliphatic rings. The van der Waals surface area contributed by atoms with Crippen LogP contribution >= 0.6 is 0 Å². The first-order valence-corrected chi connectivity index (χ1v) is 9.94. The lowest BCUT2D eigenvalue weighted by molar-refractivity contribution is -0.141. The van der Waals surface area contributed by atoms with Gasteiger partial charge in [-0.3, -0.25) is 9.59 Å². The van der Waals surface area contributed by atoms with Crippen LogP contribution < -0.4 is 10.6 Å². The van der Waals surface area contributed by atoms with Gasteiger partial charge in [-0.25, -0.2) is 12.7 Å². The highest BCUT2D eigenvalue weighted by Crippen LogP contribution is 2.16. The first kappa shape index (κ1) is 20.3. The molecule has 144 valence electrons. The second kappa shape index (κ2) is 8.61. The Bertz CT molecular complexity index is 747. The van der Waals surface area contributed by atoms with Crippen molar-refractivity contribution in [2.24, 2.45) is 0 Å². The van der Waals surface area contributed by atoms with E-state index < -0.39 is 16.1 Å². The number of nitrogens with one attached hydrogen (secondary N) is 2. The molecule has 1 heterocycles. The van der Waals surface area contributed by atoms with Crippen molar-refractivity contribution in [1.29, 1.82) is 0 Å². The molecule has 2 N–H and O–H groups in total. The molecule has 0 bridgehead atoms. The van der Waals surface area contributed by atoms with E-state index >= 15 is 0 Å². The van der Waals surface area contributed by atoms with Crippen LogP contribution in [0.5, 0.6) is 0 Å². The molecule has 0 saturated carbocycles. The summed E-state index contributed by atoms with van der Waals surface area (Å²) in [5.41, 5.74) is 0.877. The van der Waals surface area contributed by atoms with E-state index in [2.05, 4.69) is 10.6 Å². The summed E-state index contributed by atoms with van der Waals surface area (Å²) in [6, 6.07) is 6.05. The topological polar surface area (TPSA) is 98.8 Å². The fourth-order valence-corrected chi connectivity index (χ4v) is 3.74. The highest BCUT2D eigenvalue weighted by Gasteiger charge is 2.31. The highest BCUT2D eigenvalue weighted by molar-refractivity contribution is 7.89. The van der Waals surface area contributed by atoms with Crippen molar-refractivity contribution < 1.29 is 18.0 Å². The average Bonchev–Trinajstić information content (AvgIpc) is 2.65. The zero-order valence-corrected chi connectivity index (χ0v) is 16.2. The zero-order valence-electron chi connectivity index (χ0n) is 15.4. The summed E-state index contributed by atoms with van der Waals surface area (Å²) in [5, 5.41) is 5.71. The third-order valence-corrected chi connectivity index (χ3v) is 6.27. The van der Waals surface area contributed by atoms with Gasteiger partial charge in [0.15, 0.2) is 0 Å². The van der Waals surface area contributed by atoms with E-state index in [1.54, 1.807) is 36.2 Å². The molecular weight excluding hydrogens is 356 g/mol. The van der Waals surface area contributed by atoms with E-state index in [0.717, 1.165) is 9.87 Å². The molecular formula is C17H26N4O4S. The number of nitrogens with zero attached hydrogens (tertiary/aromatic N) is 2. The van der Waals surface area contributed by atoms with Gasteiger partial charge in [0, 0.05) is 47.2 Å². The molecule has 9 heteroatoms. The minimum atomic E-state index is -3.46. The van der Waals surface area contributed by atoms with E-state index in [1.807, 2.05) is 0 Å². The molecule has 0 aliphatic carbocycles. The van der Waals surface area contributed by atoms with E-state index in [1.165, 1.54) is 14.1 Å². The van der Waals surface area contributed by atoms with Gasteiger partial charge in [-0.15, -0.1) is 0 Å². The van der Waals surface area contributed by atoms with Crippen molar-refractivity contribution in [3.8, 4) is 0 Å². The second-order valence-electron chi connectivity index (χ2n) is 6.35. The zero-order chi connectivity index (χ0) is 19.3. The number of carbonyl (C=O) groups is 2. The molecule has 1 atom stereocenters. The van der Waals surface area contributed by atoms with Crippen LogP contribution in [0, 0.1) is 0 Å². The Balaban J connectivity index is 1.99. The molecule has 2 amide bonds. The molecule has 0 unspecified atom stereocenters. The van der Waals surface area contributed by atoms with Crippen LogP contribution in [0.3, 0.4) is 0 Å². The van der Waals surface area contributed by atoms with Crippen molar-refractivity contribution in [2.75, 3.05) is 40.8 Å². The van der Waals surface area contributed by atoms with Crippen LogP contribution in [0.4, 0.5) is 0 Å². The van der Waals surface area contributed by atoms with Crippen LogP contribution in [0.25, 0.3) is 0 Å². The summed E-state index contributed by atoms with van der Waals surface area (Å²) in [7, 11) is 1.07. The summed E-state index contributed by atoms with van der Waals surface area (Å²) in [4.78, 5) is 26.3. The van der Waals surface area contributed by atoms with Crippen LogP contribution in [0.2, 0.25) is 0 Å². The van der Waals surface area contributed by atoms with Gasteiger partial charge in [-0.1, -0.05) is 12.1 Å². The van der Waals surface area contributed by atoms with Gasteiger partial charge in [0.25, 0.3) is 0 Å². The van der Waals surface area contributed by atoms with Crippen LogP contribution in [0.1, 0.15) is 12.0 Å². The first-order chi connectivity index (χ1) is 12.3. The Morgan fingerprint density at radius 1 is 1.27 bits per heavy atom. The number of hydrogen-bond acceptors (Lipinski definition) is 5. The number of hydrogen-bond donors (Lipinski definition) is 2. The highest BCUT2D eigenvalue weighted by atomic mass is 32.2. The van der Waals surface area contributed by atoms with Crippen molar-refractivity contribution in [3.63, 3.8) is 0 Å². The SMILES string of the molecule is CNC(=O)[C@@H]1CNCCN1C(=O)CCc1ccc(S(=O)(=O)N(C)C)cc1. The lowest BCUT2D eigenvalue weighted by atomic mass is 10.1. The molecule has 1 aromatic carbocycles. The van der Waals surface area contributed by atoms with Crippen molar-refractivity contribution >= 4 is 21.8 Å². The van der Waals surface area contributed by atoms with E-state index in [9.17, 15) is 18.0 Å². The molecule has 1 aromatic rings. The molecule has 0 aromatic heterocycles. The molecule has 0 spiro atoms. The van der Waals surface area contributed by atoms with E-state index in [4.69, 9.17) is 0 Å². The Morgan fingerprint density at radius 2 is 1.92 bits per heavy atom. The van der Waals surface area contributed by atoms with Crippen LogP contribution in [0.15, 0.2) is 29.2 Å². The fraction of sp³-hybridized carbons (Fsp3) is 0.529. The quantitative estimate of drug-likeness (QED) is 0.686. The molecule has 0 radical (unpaired) electrons. The van der Waals surface area contributed by atoms with Crippen molar-refractivity contribution in [2.45, 2.75) is 23.8 Å². The van der Waals surface area contributed by atoms with Gasteiger partial charge in [0.2, 0.25) is 21.8 Å². The third-order valence-electron chi connectivity index (χ3n) is 4.44. The number of rotatable bonds is 6.